The highest BCUT2D eigenvalue weighted by Crippen LogP contribution is 2.21. The van der Waals surface area contributed by atoms with Gasteiger partial charge in [-0.3, -0.25) is 10.1 Å². The summed E-state index contributed by atoms with van der Waals surface area (Å²) in [6, 6.07) is 5.77. The number of aliphatic hydroxyl groups excluding tert-OH is 1. The highest BCUT2D eigenvalue weighted by Gasteiger charge is 2.25. The lowest BCUT2D eigenvalue weighted by Crippen LogP contribution is -2.33. The van der Waals surface area contributed by atoms with Crippen LogP contribution in [-0.4, -0.2) is 80.6 Å². The molecule has 1 atom stereocenters. The maximum Gasteiger partial charge on any atom is 0.280 e. The normalized spacial score (nSPS) is 16.7. The number of carbonyl (C=O) groups is 1. The maximum atomic E-state index is 13.0. The Morgan fingerprint density at radius 3 is 2.76 bits per heavy atom. The number of hydrogen-bond acceptors (Lipinski definition) is 10. The van der Waals surface area contributed by atoms with E-state index in [9.17, 15) is 13.2 Å². The van der Waals surface area contributed by atoms with Crippen LogP contribution in [-0.2, 0) is 35.7 Å². The highest BCUT2D eigenvalue weighted by atomic mass is 32.2. The molecule has 0 aliphatic carbocycles. The number of hydrogen-bond donors (Lipinski definition) is 2. The Balaban J connectivity index is 1.84. The van der Waals surface area contributed by atoms with Crippen molar-refractivity contribution in [2.75, 3.05) is 45.3 Å². The van der Waals surface area contributed by atoms with Gasteiger partial charge in [-0.25, -0.2) is 13.4 Å². The summed E-state index contributed by atoms with van der Waals surface area (Å²) >= 11 is 1.27. The van der Waals surface area contributed by atoms with Gasteiger partial charge in [0.2, 0.25) is 10.0 Å². The zero-order valence-electron chi connectivity index (χ0n) is 19.0. The number of amides is 1. The number of anilines is 1. The van der Waals surface area contributed by atoms with Crippen LogP contribution in [0.2, 0.25) is 0 Å². The molecule has 2 N–H and O–H groups in total. The number of sulfonamides is 1. The van der Waals surface area contributed by atoms with Crippen LogP contribution in [0, 0.1) is 0 Å². The maximum absolute atomic E-state index is 13.0. The Morgan fingerprint density at radius 1 is 1.38 bits per heavy atom. The molecule has 186 valence electrons. The van der Waals surface area contributed by atoms with E-state index in [2.05, 4.69) is 15.5 Å². The minimum absolute atomic E-state index is 0.00806. The standard InChI is InChI=1S/C21H28N4O7S2/c1-3-25(9-10-26)34(28,29)18-6-4-15(5-7-18)19(24-32-16-8-11-31-13-16)20(27)23-21-22-12-17(33-21)14-30-2/h4-7,12,16,26H,3,8-11,13-14H2,1-2H3,(H,22,23,27)/b24-19+/t16-/m1/s1. The molecule has 34 heavy (non-hydrogen) atoms. The second-order valence-corrected chi connectivity index (χ2v) is 10.3. The second kappa shape index (κ2) is 12.3. The van der Waals surface area contributed by atoms with Crippen molar-refractivity contribution < 1.29 is 32.6 Å². The number of aromatic nitrogens is 1. The summed E-state index contributed by atoms with van der Waals surface area (Å²) in [6.45, 7) is 2.92. The first-order valence-corrected chi connectivity index (χ1v) is 12.9. The van der Waals surface area contributed by atoms with E-state index < -0.39 is 15.9 Å². The van der Waals surface area contributed by atoms with Gasteiger partial charge in [0.1, 0.15) is 0 Å². The van der Waals surface area contributed by atoms with Crippen molar-refractivity contribution in [3.05, 3.63) is 40.9 Å². The van der Waals surface area contributed by atoms with E-state index >= 15 is 0 Å². The number of methoxy groups -OCH3 is 1. The number of thiazole rings is 1. The average molecular weight is 513 g/mol. The average Bonchev–Trinajstić information content (AvgIpc) is 3.50. The monoisotopic (exact) mass is 512 g/mol. The summed E-state index contributed by atoms with van der Waals surface area (Å²) in [5, 5.41) is 16.3. The van der Waals surface area contributed by atoms with Crippen molar-refractivity contribution in [3.8, 4) is 0 Å². The van der Waals surface area contributed by atoms with Gasteiger partial charge < -0.3 is 19.4 Å². The number of aliphatic hydroxyl groups is 1. The van der Waals surface area contributed by atoms with Crippen LogP contribution in [0.1, 0.15) is 23.8 Å². The van der Waals surface area contributed by atoms with E-state index in [0.717, 1.165) is 4.88 Å². The molecular weight excluding hydrogens is 484 g/mol. The third-order valence-corrected chi connectivity index (χ3v) is 7.80. The lowest BCUT2D eigenvalue weighted by Gasteiger charge is -2.19. The molecule has 0 spiro atoms. The molecule has 3 rings (SSSR count). The van der Waals surface area contributed by atoms with Crippen molar-refractivity contribution in [3.63, 3.8) is 0 Å². The third kappa shape index (κ3) is 6.58. The quantitative estimate of drug-likeness (QED) is 0.322. The number of likely N-dealkylation sites (N-methyl/N-ethyl adjacent to an activating group) is 1. The first-order chi connectivity index (χ1) is 16.4. The van der Waals surface area contributed by atoms with Gasteiger partial charge in [0.05, 0.1) is 36.2 Å². The molecule has 1 aliphatic heterocycles. The highest BCUT2D eigenvalue weighted by molar-refractivity contribution is 7.89. The second-order valence-electron chi connectivity index (χ2n) is 7.29. The van der Waals surface area contributed by atoms with Crippen molar-refractivity contribution in [2.45, 2.75) is 31.0 Å². The van der Waals surface area contributed by atoms with Gasteiger partial charge in [0, 0.05) is 38.4 Å². The van der Waals surface area contributed by atoms with Crippen molar-refractivity contribution in [1.29, 1.82) is 0 Å². The van der Waals surface area contributed by atoms with Crippen LogP contribution in [0.15, 0.2) is 40.5 Å². The number of ether oxygens (including phenoxy) is 2. The predicted molar refractivity (Wildman–Crippen MR) is 126 cm³/mol. The zero-order chi connectivity index (χ0) is 24.6. The SMILES string of the molecule is CCN(CCO)S(=O)(=O)c1ccc(/C(=N\O[C@@H]2CCOC2)C(=O)Nc2ncc(COC)s2)cc1. The minimum atomic E-state index is -3.79. The van der Waals surface area contributed by atoms with E-state index in [4.69, 9.17) is 19.4 Å². The lowest BCUT2D eigenvalue weighted by molar-refractivity contribution is -0.110. The summed E-state index contributed by atoms with van der Waals surface area (Å²) < 4.78 is 37.2. The van der Waals surface area contributed by atoms with Crippen molar-refractivity contribution in [2.24, 2.45) is 5.16 Å². The summed E-state index contributed by atoms with van der Waals surface area (Å²) in [4.78, 5) is 23.6. The van der Waals surface area contributed by atoms with Crippen LogP contribution in [0.25, 0.3) is 0 Å². The molecule has 2 aromatic rings. The Bertz CT molecular complexity index is 1080. The molecule has 0 unspecified atom stereocenters. The summed E-state index contributed by atoms with van der Waals surface area (Å²) in [6.07, 6.45) is 1.99. The van der Waals surface area contributed by atoms with Gasteiger partial charge in [-0.1, -0.05) is 35.5 Å². The van der Waals surface area contributed by atoms with E-state index in [1.807, 2.05) is 0 Å². The smallest absolute Gasteiger partial charge is 0.280 e. The minimum Gasteiger partial charge on any atom is -0.395 e. The van der Waals surface area contributed by atoms with E-state index in [1.54, 1.807) is 20.2 Å². The molecule has 1 aromatic heterocycles. The Labute approximate surface area is 202 Å². The number of carbonyl (C=O) groups excluding carboxylic acids is 1. The topological polar surface area (TPSA) is 140 Å². The fourth-order valence-electron chi connectivity index (χ4n) is 3.17. The van der Waals surface area contributed by atoms with Gasteiger partial charge in [0.15, 0.2) is 16.9 Å². The molecule has 0 radical (unpaired) electrons. The first-order valence-electron chi connectivity index (χ1n) is 10.7. The molecule has 1 amide bonds. The van der Waals surface area contributed by atoms with E-state index in [0.29, 0.717) is 36.9 Å². The zero-order valence-corrected chi connectivity index (χ0v) is 20.6. The van der Waals surface area contributed by atoms with Gasteiger partial charge in [-0.05, 0) is 12.1 Å². The molecule has 13 heteroatoms. The van der Waals surface area contributed by atoms with Crippen LogP contribution < -0.4 is 5.32 Å². The number of benzene rings is 1. The number of nitrogens with zero attached hydrogens (tertiary/aromatic N) is 3. The molecule has 1 aliphatic rings. The Morgan fingerprint density at radius 2 is 2.15 bits per heavy atom. The summed E-state index contributed by atoms with van der Waals surface area (Å²) in [7, 11) is -2.22. The van der Waals surface area contributed by atoms with E-state index in [-0.39, 0.29) is 36.4 Å². The number of oxime groups is 1. The molecule has 1 saturated heterocycles. The molecular formula is C21H28N4O7S2. The molecule has 0 bridgehead atoms. The molecule has 11 nitrogen and oxygen atoms in total. The number of rotatable bonds is 12. The van der Waals surface area contributed by atoms with Crippen molar-refractivity contribution >= 4 is 38.1 Å². The van der Waals surface area contributed by atoms with Gasteiger partial charge in [-0.2, -0.15) is 4.31 Å². The van der Waals surface area contributed by atoms with Crippen LogP contribution >= 0.6 is 11.3 Å². The number of nitrogens with one attached hydrogen (secondary N) is 1. The van der Waals surface area contributed by atoms with Crippen molar-refractivity contribution in [1.82, 2.24) is 9.29 Å². The van der Waals surface area contributed by atoms with Crippen LogP contribution in [0.3, 0.4) is 0 Å². The first kappa shape index (κ1) is 26.2. The molecule has 1 aromatic carbocycles. The summed E-state index contributed by atoms with van der Waals surface area (Å²) in [5.74, 6) is -0.552. The predicted octanol–water partition coefficient (Wildman–Crippen LogP) is 1.44. The van der Waals surface area contributed by atoms with Crippen LogP contribution in [0.5, 0.6) is 0 Å². The van der Waals surface area contributed by atoms with E-state index in [1.165, 1.54) is 39.9 Å². The molecule has 0 saturated carbocycles. The van der Waals surface area contributed by atoms with Gasteiger partial charge >= 0.3 is 0 Å². The molecule has 1 fully saturated rings. The fourth-order valence-corrected chi connectivity index (χ4v) is 5.39. The van der Waals surface area contributed by atoms with Crippen LogP contribution in [0.4, 0.5) is 5.13 Å². The summed E-state index contributed by atoms with van der Waals surface area (Å²) in [5.41, 5.74) is 0.344. The van der Waals surface area contributed by atoms with Gasteiger partial charge in [-0.15, -0.1) is 0 Å². The molecule has 2 heterocycles. The van der Waals surface area contributed by atoms with Gasteiger partial charge in [0.25, 0.3) is 5.91 Å². The third-order valence-electron chi connectivity index (χ3n) is 4.92. The lowest BCUT2D eigenvalue weighted by atomic mass is 10.1. The Kier molecular flexibility index (Phi) is 9.50. The largest absolute Gasteiger partial charge is 0.395 e. The fraction of sp³-hybridized carbons (Fsp3) is 0.476. The Hall–Kier alpha value is -2.42.